The highest BCUT2D eigenvalue weighted by molar-refractivity contribution is 5.20. The molecule has 2 rings (SSSR count). The maximum absolute atomic E-state index is 5.58. The highest BCUT2D eigenvalue weighted by Crippen LogP contribution is 2.15. The zero-order chi connectivity index (χ0) is 9.80. The summed E-state index contributed by atoms with van der Waals surface area (Å²) in [6.07, 6.45) is 0.263. The normalized spacial score (nSPS) is 16.1. The SMILES string of the molecule is CCOc1cccc(OC2CNC2)n1. The fourth-order valence-corrected chi connectivity index (χ4v) is 1.21. The molecule has 0 aromatic carbocycles. The Bertz CT molecular complexity index is 300. The molecule has 1 fully saturated rings. The average Bonchev–Trinajstić information content (AvgIpc) is 2.13. The molecule has 2 heterocycles. The van der Waals surface area contributed by atoms with Gasteiger partial charge in [0.05, 0.1) is 6.61 Å². The van der Waals surface area contributed by atoms with Gasteiger partial charge in [-0.2, -0.15) is 4.98 Å². The summed E-state index contributed by atoms with van der Waals surface area (Å²) in [4.78, 5) is 4.21. The molecule has 1 saturated heterocycles. The smallest absolute Gasteiger partial charge is 0.216 e. The molecule has 4 heteroatoms. The van der Waals surface area contributed by atoms with E-state index in [0.717, 1.165) is 13.1 Å². The van der Waals surface area contributed by atoms with E-state index in [0.29, 0.717) is 18.4 Å². The van der Waals surface area contributed by atoms with E-state index in [9.17, 15) is 0 Å². The lowest BCUT2D eigenvalue weighted by Gasteiger charge is -2.27. The minimum absolute atomic E-state index is 0.263. The Labute approximate surface area is 83.2 Å². The van der Waals surface area contributed by atoms with Crippen LogP contribution in [0.15, 0.2) is 18.2 Å². The van der Waals surface area contributed by atoms with Crippen molar-refractivity contribution in [3.8, 4) is 11.8 Å². The summed E-state index contributed by atoms with van der Waals surface area (Å²) in [5.74, 6) is 1.26. The lowest BCUT2D eigenvalue weighted by atomic mass is 10.2. The molecule has 14 heavy (non-hydrogen) atoms. The van der Waals surface area contributed by atoms with E-state index >= 15 is 0 Å². The van der Waals surface area contributed by atoms with Crippen LogP contribution in [-0.2, 0) is 0 Å². The van der Waals surface area contributed by atoms with E-state index in [-0.39, 0.29) is 6.10 Å². The number of nitrogens with zero attached hydrogens (tertiary/aromatic N) is 1. The van der Waals surface area contributed by atoms with Crippen molar-refractivity contribution >= 4 is 0 Å². The van der Waals surface area contributed by atoms with E-state index in [1.54, 1.807) is 0 Å². The minimum atomic E-state index is 0.263. The van der Waals surface area contributed by atoms with E-state index in [1.165, 1.54) is 0 Å². The predicted molar refractivity (Wildman–Crippen MR) is 52.7 cm³/mol. The highest BCUT2D eigenvalue weighted by Gasteiger charge is 2.18. The third-order valence-corrected chi connectivity index (χ3v) is 2.02. The summed E-state index contributed by atoms with van der Waals surface area (Å²) >= 11 is 0. The maximum atomic E-state index is 5.58. The van der Waals surface area contributed by atoms with Crippen LogP contribution in [-0.4, -0.2) is 30.8 Å². The maximum Gasteiger partial charge on any atom is 0.216 e. The molecule has 1 N–H and O–H groups in total. The summed E-state index contributed by atoms with van der Waals surface area (Å²) < 4.78 is 10.9. The highest BCUT2D eigenvalue weighted by atomic mass is 16.5. The van der Waals surface area contributed by atoms with Gasteiger partial charge in [-0.1, -0.05) is 6.07 Å². The summed E-state index contributed by atoms with van der Waals surface area (Å²) in [7, 11) is 0. The molecule has 1 aromatic rings. The summed E-state index contributed by atoms with van der Waals surface area (Å²) in [6.45, 7) is 4.37. The van der Waals surface area contributed by atoms with Crippen molar-refractivity contribution < 1.29 is 9.47 Å². The molecule has 1 aromatic heterocycles. The van der Waals surface area contributed by atoms with Gasteiger partial charge >= 0.3 is 0 Å². The second kappa shape index (κ2) is 4.28. The molecular weight excluding hydrogens is 180 g/mol. The van der Waals surface area contributed by atoms with Gasteiger partial charge in [0.1, 0.15) is 6.10 Å². The molecule has 1 aliphatic heterocycles. The van der Waals surface area contributed by atoms with Gasteiger partial charge < -0.3 is 14.8 Å². The zero-order valence-corrected chi connectivity index (χ0v) is 8.19. The van der Waals surface area contributed by atoms with Crippen LogP contribution < -0.4 is 14.8 Å². The van der Waals surface area contributed by atoms with Gasteiger partial charge in [-0.15, -0.1) is 0 Å². The Kier molecular flexibility index (Phi) is 2.84. The minimum Gasteiger partial charge on any atom is -0.478 e. The monoisotopic (exact) mass is 194 g/mol. The van der Waals surface area contributed by atoms with Crippen molar-refractivity contribution in [2.45, 2.75) is 13.0 Å². The first kappa shape index (κ1) is 9.27. The van der Waals surface area contributed by atoms with Crippen LogP contribution in [0, 0.1) is 0 Å². The molecule has 0 radical (unpaired) electrons. The van der Waals surface area contributed by atoms with Gasteiger partial charge in [-0.3, -0.25) is 0 Å². The molecule has 0 amide bonds. The molecule has 0 atom stereocenters. The Morgan fingerprint density at radius 2 is 2.21 bits per heavy atom. The van der Waals surface area contributed by atoms with E-state index < -0.39 is 0 Å². The van der Waals surface area contributed by atoms with Crippen molar-refractivity contribution in [2.24, 2.45) is 0 Å². The first-order valence-electron chi connectivity index (χ1n) is 4.85. The third kappa shape index (κ3) is 2.14. The van der Waals surface area contributed by atoms with Gasteiger partial charge in [0.15, 0.2) is 0 Å². The first-order valence-corrected chi connectivity index (χ1v) is 4.85. The van der Waals surface area contributed by atoms with Crippen LogP contribution >= 0.6 is 0 Å². The molecule has 0 unspecified atom stereocenters. The molecular formula is C10H14N2O2. The fourth-order valence-electron chi connectivity index (χ4n) is 1.21. The van der Waals surface area contributed by atoms with E-state index in [1.807, 2.05) is 25.1 Å². The lowest BCUT2D eigenvalue weighted by molar-refractivity contribution is 0.134. The van der Waals surface area contributed by atoms with Crippen LogP contribution in [0.4, 0.5) is 0 Å². The number of ether oxygens (including phenoxy) is 2. The molecule has 0 saturated carbocycles. The number of nitrogens with one attached hydrogen (secondary N) is 1. The van der Waals surface area contributed by atoms with Crippen molar-refractivity contribution in [1.82, 2.24) is 10.3 Å². The number of pyridine rings is 1. The van der Waals surface area contributed by atoms with Gasteiger partial charge in [0, 0.05) is 25.2 Å². The van der Waals surface area contributed by atoms with Crippen LogP contribution in [0.2, 0.25) is 0 Å². The number of rotatable bonds is 4. The Morgan fingerprint density at radius 3 is 2.86 bits per heavy atom. The summed E-state index contributed by atoms with van der Waals surface area (Å²) in [6, 6.07) is 5.57. The summed E-state index contributed by atoms with van der Waals surface area (Å²) in [5.41, 5.74) is 0. The largest absolute Gasteiger partial charge is 0.478 e. The van der Waals surface area contributed by atoms with Crippen molar-refractivity contribution in [1.29, 1.82) is 0 Å². The van der Waals surface area contributed by atoms with Crippen LogP contribution in [0.5, 0.6) is 11.8 Å². The molecule has 0 spiro atoms. The summed E-state index contributed by atoms with van der Waals surface area (Å²) in [5, 5.41) is 3.14. The van der Waals surface area contributed by atoms with Crippen molar-refractivity contribution in [3.63, 3.8) is 0 Å². The van der Waals surface area contributed by atoms with Gasteiger partial charge in [-0.05, 0) is 6.92 Å². The molecule has 0 bridgehead atoms. The van der Waals surface area contributed by atoms with Gasteiger partial charge in [0.2, 0.25) is 11.8 Å². The Hall–Kier alpha value is -1.29. The number of hydrogen-bond donors (Lipinski definition) is 1. The fraction of sp³-hybridized carbons (Fsp3) is 0.500. The Balaban J connectivity index is 1.97. The van der Waals surface area contributed by atoms with Gasteiger partial charge in [-0.25, -0.2) is 0 Å². The van der Waals surface area contributed by atoms with Crippen LogP contribution in [0.3, 0.4) is 0 Å². The van der Waals surface area contributed by atoms with Crippen molar-refractivity contribution in [2.75, 3.05) is 19.7 Å². The number of aromatic nitrogens is 1. The van der Waals surface area contributed by atoms with Crippen LogP contribution in [0.1, 0.15) is 6.92 Å². The molecule has 0 aliphatic carbocycles. The topological polar surface area (TPSA) is 43.4 Å². The Morgan fingerprint density at radius 1 is 1.43 bits per heavy atom. The zero-order valence-electron chi connectivity index (χ0n) is 8.19. The van der Waals surface area contributed by atoms with Crippen LogP contribution in [0.25, 0.3) is 0 Å². The second-order valence-corrected chi connectivity index (χ2v) is 3.15. The lowest BCUT2D eigenvalue weighted by Crippen LogP contribution is -2.50. The average molecular weight is 194 g/mol. The molecule has 76 valence electrons. The number of hydrogen-bond acceptors (Lipinski definition) is 4. The van der Waals surface area contributed by atoms with E-state index in [4.69, 9.17) is 9.47 Å². The first-order chi connectivity index (χ1) is 6.88. The van der Waals surface area contributed by atoms with E-state index in [2.05, 4.69) is 10.3 Å². The molecule has 1 aliphatic rings. The van der Waals surface area contributed by atoms with Crippen molar-refractivity contribution in [3.05, 3.63) is 18.2 Å². The standard InChI is InChI=1S/C10H14N2O2/c1-2-13-9-4-3-5-10(12-9)14-8-6-11-7-8/h3-5,8,11H,2,6-7H2,1H3. The third-order valence-electron chi connectivity index (χ3n) is 2.02. The second-order valence-electron chi connectivity index (χ2n) is 3.15. The quantitative estimate of drug-likeness (QED) is 0.771. The van der Waals surface area contributed by atoms with Gasteiger partial charge in [0.25, 0.3) is 0 Å². The predicted octanol–water partition coefficient (Wildman–Crippen LogP) is 0.831. The molecule has 4 nitrogen and oxygen atoms in total.